The molecule has 0 radical (unpaired) electrons. The van der Waals surface area contributed by atoms with Crippen LogP contribution in [0.3, 0.4) is 0 Å². The van der Waals surface area contributed by atoms with Gasteiger partial charge in [0.1, 0.15) is 11.3 Å². The maximum atomic E-state index is 12.8. The number of carbonyl (C=O) groups excluding carboxylic acids is 1. The largest absolute Gasteiger partial charge is 0.496 e. The number of sulfonamides is 1. The Morgan fingerprint density at radius 3 is 2.56 bits per heavy atom. The summed E-state index contributed by atoms with van der Waals surface area (Å²) in [5.41, 5.74) is 1.52. The van der Waals surface area contributed by atoms with Crippen LogP contribution in [0.5, 0.6) is 5.75 Å². The van der Waals surface area contributed by atoms with Gasteiger partial charge in [0, 0.05) is 11.6 Å². The van der Waals surface area contributed by atoms with E-state index in [1.165, 1.54) is 57.1 Å². The average molecular weight is 455 g/mol. The fourth-order valence-corrected chi connectivity index (χ4v) is 4.14. The first-order valence-electron chi connectivity index (χ1n) is 9.15. The third kappa shape index (κ3) is 3.78. The van der Waals surface area contributed by atoms with Gasteiger partial charge in [-0.05, 0) is 29.8 Å². The third-order valence-electron chi connectivity index (χ3n) is 4.65. The minimum atomic E-state index is -3.92. The van der Waals surface area contributed by atoms with Crippen LogP contribution in [0.15, 0.2) is 64.7 Å². The minimum absolute atomic E-state index is 0.0135. The number of benzene rings is 2. The zero-order chi connectivity index (χ0) is 22.9. The summed E-state index contributed by atoms with van der Waals surface area (Å²) >= 11 is 0. The molecule has 2 aromatic heterocycles. The van der Waals surface area contributed by atoms with Crippen LogP contribution in [0.2, 0.25) is 0 Å². The van der Waals surface area contributed by atoms with Crippen LogP contribution >= 0.6 is 0 Å². The van der Waals surface area contributed by atoms with Crippen LogP contribution < -0.4 is 15.1 Å². The molecule has 0 spiro atoms. The highest BCUT2D eigenvalue weighted by Crippen LogP contribution is 2.27. The lowest BCUT2D eigenvalue weighted by molar-refractivity contribution is 0.0597. The highest BCUT2D eigenvalue weighted by molar-refractivity contribution is 7.92. The van der Waals surface area contributed by atoms with Gasteiger partial charge in [0.05, 0.1) is 37.3 Å². The minimum Gasteiger partial charge on any atom is -0.496 e. The van der Waals surface area contributed by atoms with Crippen molar-refractivity contribution in [2.75, 3.05) is 18.9 Å². The van der Waals surface area contributed by atoms with Crippen LogP contribution in [0, 0.1) is 0 Å². The molecule has 0 aliphatic carbocycles. The molecule has 2 heterocycles. The Hall–Kier alpha value is -4.19. The van der Waals surface area contributed by atoms with Crippen LogP contribution in [-0.4, -0.2) is 48.2 Å². The number of nitrogens with zero attached hydrogens (tertiary/aromatic N) is 3. The van der Waals surface area contributed by atoms with E-state index < -0.39 is 21.7 Å². The van der Waals surface area contributed by atoms with Gasteiger partial charge in [-0.2, -0.15) is 9.61 Å². The summed E-state index contributed by atoms with van der Waals surface area (Å²) in [7, 11) is -1.32. The predicted molar refractivity (Wildman–Crippen MR) is 114 cm³/mol. The third-order valence-corrected chi connectivity index (χ3v) is 6.04. The molecular formula is C20H17N5O6S. The second-order valence-corrected chi connectivity index (χ2v) is 8.22. The Kier molecular flexibility index (Phi) is 5.36. The Bertz CT molecular complexity index is 1470. The van der Waals surface area contributed by atoms with E-state index in [-0.39, 0.29) is 21.9 Å². The van der Waals surface area contributed by atoms with E-state index in [2.05, 4.69) is 24.5 Å². The van der Waals surface area contributed by atoms with Gasteiger partial charge in [-0.15, -0.1) is 0 Å². The number of ether oxygens (including phenoxy) is 2. The number of H-pyrrole nitrogens is 1. The van der Waals surface area contributed by atoms with Crippen molar-refractivity contribution in [3.8, 4) is 16.9 Å². The summed E-state index contributed by atoms with van der Waals surface area (Å²) in [5.74, 6) is -0.431. The van der Waals surface area contributed by atoms with E-state index >= 15 is 0 Å². The highest BCUT2D eigenvalue weighted by Gasteiger charge is 2.18. The Morgan fingerprint density at radius 1 is 1.12 bits per heavy atom. The Morgan fingerprint density at radius 2 is 1.88 bits per heavy atom. The van der Waals surface area contributed by atoms with Crippen molar-refractivity contribution in [2.24, 2.45) is 0 Å². The summed E-state index contributed by atoms with van der Waals surface area (Å²) in [6, 6.07) is 10.3. The SMILES string of the molecule is COC(=O)c1ccc(NS(=O)(=O)c2ccc(-c3cnn4c(=O)[nH]cnc34)cc2)cc1OC. The van der Waals surface area contributed by atoms with Crippen molar-refractivity contribution < 1.29 is 22.7 Å². The van der Waals surface area contributed by atoms with Crippen LogP contribution in [0.1, 0.15) is 10.4 Å². The van der Waals surface area contributed by atoms with E-state index in [0.717, 1.165) is 4.52 Å². The van der Waals surface area contributed by atoms with E-state index in [1.54, 1.807) is 12.1 Å². The number of esters is 1. The van der Waals surface area contributed by atoms with Crippen molar-refractivity contribution in [3.63, 3.8) is 0 Å². The molecule has 12 heteroatoms. The zero-order valence-corrected chi connectivity index (χ0v) is 17.7. The van der Waals surface area contributed by atoms with Crippen molar-refractivity contribution in [2.45, 2.75) is 4.90 Å². The second kappa shape index (κ2) is 8.15. The number of aromatic nitrogens is 4. The monoisotopic (exact) mass is 455 g/mol. The maximum Gasteiger partial charge on any atom is 0.349 e. The molecule has 164 valence electrons. The summed E-state index contributed by atoms with van der Waals surface area (Å²) in [5, 5.41) is 4.00. The lowest BCUT2D eigenvalue weighted by Crippen LogP contribution is -2.17. The molecule has 32 heavy (non-hydrogen) atoms. The van der Waals surface area contributed by atoms with Gasteiger partial charge in [-0.1, -0.05) is 12.1 Å². The van der Waals surface area contributed by atoms with E-state index in [9.17, 15) is 18.0 Å². The number of aromatic amines is 1. The van der Waals surface area contributed by atoms with Gasteiger partial charge in [-0.3, -0.25) is 9.71 Å². The standard InChI is InChI=1S/C20H17N5O6S/c1-30-17-9-13(5-8-15(17)19(26)31-2)24-32(28,29)14-6-3-12(4-7-14)16-10-23-25-18(16)21-11-22-20(25)27/h3-11,24H,1-2H3,(H,21,22,27). The fraction of sp³-hybridized carbons (Fsp3) is 0.100. The Balaban J connectivity index is 1.62. The second-order valence-electron chi connectivity index (χ2n) is 6.54. The molecule has 4 rings (SSSR count). The van der Waals surface area contributed by atoms with Crippen LogP contribution in [-0.2, 0) is 14.8 Å². The smallest absolute Gasteiger partial charge is 0.349 e. The Labute approximate surface area is 181 Å². The quantitative estimate of drug-likeness (QED) is 0.418. The highest BCUT2D eigenvalue weighted by atomic mass is 32.2. The molecule has 0 atom stereocenters. The number of hydrogen-bond donors (Lipinski definition) is 2. The lowest BCUT2D eigenvalue weighted by Gasteiger charge is -2.12. The van der Waals surface area contributed by atoms with Gasteiger partial charge in [0.15, 0.2) is 5.65 Å². The summed E-state index contributed by atoms with van der Waals surface area (Å²) in [6.07, 6.45) is 2.75. The first-order valence-corrected chi connectivity index (χ1v) is 10.6. The van der Waals surface area contributed by atoms with Gasteiger partial charge < -0.3 is 9.47 Å². The first kappa shape index (κ1) is 21.1. The lowest BCUT2D eigenvalue weighted by atomic mass is 10.1. The van der Waals surface area contributed by atoms with Crippen molar-refractivity contribution in [3.05, 3.63) is 71.0 Å². The first-order chi connectivity index (χ1) is 15.3. The van der Waals surface area contributed by atoms with Gasteiger partial charge in [-0.25, -0.2) is 23.0 Å². The normalized spacial score (nSPS) is 11.3. The van der Waals surface area contributed by atoms with Crippen LogP contribution in [0.4, 0.5) is 5.69 Å². The van der Waals surface area contributed by atoms with Gasteiger partial charge in [0.25, 0.3) is 10.0 Å². The zero-order valence-electron chi connectivity index (χ0n) is 16.9. The molecule has 2 N–H and O–H groups in total. The maximum absolute atomic E-state index is 12.8. The van der Waals surface area contributed by atoms with Gasteiger partial charge in [0.2, 0.25) is 0 Å². The molecule has 0 aliphatic heterocycles. The molecule has 11 nitrogen and oxygen atoms in total. The number of nitrogens with one attached hydrogen (secondary N) is 2. The predicted octanol–water partition coefficient (Wildman–Crippen LogP) is 1.68. The van der Waals surface area contributed by atoms with Crippen molar-refractivity contribution in [1.29, 1.82) is 0 Å². The number of methoxy groups -OCH3 is 2. The molecule has 0 saturated heterocycles. The molecule has 4 aromatic rings. The van der Waals surface area contributed by atoms with Crippen LogP contribution in [0.25, 0.3) is 16.8 Å². The molecule has 0 aliphatic rings. The fourth-order valence-electron chi connectivity index (χ4n) is 3.09. The number of rotatable bonds is 6. The van der Waals surface area contributed by atoms with E-state index in [4.69, 9.17) is 4.74 Å². The van der Waals surface area contributed by atoms with Crippen molar-refractivity contribution in [1.82, 2.24) is 19.6 Å². The molecule has 2 aromatic carbocycles. The summed E-state index contributed by atoms with van der Waals surface area (Å²) in [4.78, 5) is 30.1. The molecule has 0 unspecified atom stereocenters. The summed E-state index contributed by atoms with van der Waals surface area (Å²) < 4.78 is 39.0. The number of anilines is 1. The van der Waals surface area contributed by atoms with Crippen molar-refractivity contribution >= 4 is 27.3 Å². The average Bonchev–Trinajstić information content (AvgIpc) is 3.24. The summed E-state index contributed by atoms with van der Waals surface area (Å²) in [6.45, 7) is 0. The van der Waals surface area contributed by atoms with E-state index in [1.807, 2.05) is 0 Å². The van der Waals surface area contributed by atoms with Gasteiger partial charge >= 0.3 is 11.7 Å². The molecule has 0 bridgehead atoms. The number of fused-ring (bicyclic) bond motifs is 1. The molecule has 0 amide bonds. The van der Waals surface area contributed by atoms with E-state index in [0.29, 0.717) is 16.8 Å². The number of hydrogen-bond acceptors (Lipinski definition) is 8. The molecule has 0 saturated carbocycles. The number of carbonyl (C=O) groups is 1. The molecule has 0 fully saturated rings. The molecular weight excluding hydrogens is 438 g/mol. The topological polar surface area (TPSA) is 145 Å².